The van der Waals surface area contributed by atoms with Gasteiger partial charge in [0, 0.05) is 18.2 Å². The average Bonchev–Trinajstić information content (AvgIpc) is 2.21. The summed E-state index contributed by atoms with van der Waals surface area (Å²) in [7, 11) is 1.00. The number of phenols is 2. The lowest BCUT2D eigenvalue weighted by atomic mass is 9.79. The summed E-state index contributed by atoms with van der Waals surface area (Å²) in [6.45, 7) is 12.1. The maximum Gasteiger partial charge on any atom is 0.123 e. The highest BCUT2D eigenvalue weighted by molar-refractivity contribution is 5.51. The van der Waals surface area contributed by atoms with Crippen molar-refractivity contribution in [3.63, 3.8) is 0 Å². The Morgan fingerprint density at radius 3 is 1.22 bits per heavy atom. The van der Waals surface area contributed by atoms with E-state index < -0.39 is 0 Å². The van der Waals surface area contributed by atoms with Crippen molar-refractivity contribution in [2.45, 2.75) is 52.4 Å². The molecule has 0 aromatic heterocycles. The molecule has 0 atom stereocenters. The Morgan fingerprint density at radius 2 is 1.00 bits per heavy atom. The van der Waals surface area contributed by atoms with Crippen molar-refractivity contribution >= 4 is 0 Å². The quantitative estimate of drug-likeness (QED) is 0.622. The van der Waals surface area contributed by atoms with Crippen LogP contribution in [0, 0.1) is 0 Å². The second kappa shape index (κ2) is 5.61. The Labute approximate surface area is 110 Å². The van der Waals surface area contributed by atoms with E-state index in [0.29, 0.717) is 5.75 Å². The molecule has 0 aliphatic heterocycles. The summed E-state index contributed by atoms with van der Waals surface area (Å²) in [6, 6.07) is 3.29. The van der Waals surface area contributed by atoms with Crippen LogP contribution >= 0.6 is 0 Å². The molecule has 0 aliphatic carbocycles. The topological polar surface area (TPSA) is 60.7 Å². The molecule has 3 nitrogen and oxygen atoms in total. The van der Waals surface area contributed by atoms with Gasteiger partial charge in [0.1, 0.15) is 11.5 Å². The molecule has 18 heavy (non-hydrogen) atoms. The van der Waals surface area contributed by atoms with Crippen molar-refractivity contribution in [1.29, 1.82) is 0 Å². The van der Waals surface area contributed by atoms with Crippen LogP contribution in [0.15, 0.2) is 12.1 Å². The van der Waals surface area contributed by atoms with E-state index in [4.69, 9.17) is 5.11 Å². The van der Waals surface area contributed by atoms with E-state index in [2.05, 4.69) is 0 Å². The normalized spacial score (nSPS) is 11.8. The molecule has 1 rings (SSSR count). The van der Waals surface area contributed by atoms with E-state index in [1.54, 1.807) is 12.1 Å². The molecule has 0 aliphatic rings. The van der Waals surface area contributed by atoms with Crippen LogP contribution in [0.4, 0.5) is 0 Å². The van der Waals surface area contributed by atoms with Crippen LogP contribution in [-0.2, 0) is 10.8 Å². The first-order chi connectivity index (χ1) is 8.03. The summed E-state index contributed by atoms with van der Waals surface area (Å²) in [5, 5.41) is 27.0. The molecule has 0 heterocycles. The van der Waals surface area contributed by atoms with Gasteiger partial charge >= 0.3 is 0 Å². The van der Waals surface area contributed by atoms with Gasteiger partial charge in [-0.2, -0.15) is 0 Å². The summed E-state index contributed by atoms with van der Waals surface area (Å²) in [5.41, 5.74) is 1.22. The minimum atomic E-state index is -0.178. The van der Waals surface area contributed by atoms with E-state index >= 15 is 0 Å². The monoisotopic (exact) mass is 254 g/mol. The van der Waals surface area contributed by atoms with Gasteiger partial charge in [-0.15, -0.1) is 0 Å². The maximum absolute atomic E-state index is 10.3. The molecule has 0 spiro atoms. The van der Waals surface area contributed by atoms with Crippen molar-refractivity contribution in [2.24, 2.45) is 0 Å². The van der Waals surface area contributed by atoms with Crippen LogP contribution in [0.2, 0.25) is 0 Å². The minimum absolute atomic E-state index is 0.178. The third-order valence-corrected chi connectivity index (χ3v) is 2.71. The molecule has 3 heteroatoms. The van der Waals surface area contributed by atoms with Crippen LogP contribution in [0.1, 0.15) is 52.7 Å². The van der Waals surface area contributed by atoms with Gasteiger partial charge in [0.25, 0.3) is 0 Å². The van der Waals surface area contributed by atoms with Gasteiger partial charge in [-0.3, -0.25) is 0 Å². The molecule has 0 amide bonds. The lowest BCUT2D eigenvalue weighted by molar-refractivity contribution is 0.399. The van der Waals surface area contributed by atoms with Crippen LogP contribution in [0.3, 0.4) is 0 Å². The zero-order valence-electron chi connectivity index (χ0n) is 12.5. The average molecular weight is 254 g/mol. The minimum Gasteiger partial charge on any atom is -0.508 e. The number of benzene rings is 1. The molecule has 0 radical (unpaired) electrons. The molecule has 104 valence electrons. The predicted octanol–water partition coefficient (Wildman–Crippen LogP) is 3.30. The molecule has 1 aromatic carbocycles. The van der Waals surface area contributed by atoms with Crippen LogP contribution in [0.25, 0.3) is 0 Å². The van der Waals surface area contributed by atoms with Gasteiger partial charge in [-0.05, 0) is 23.0 Å². The summed E-state index contributed by atoms with van der Waals surface area (Å²) >= 11 is 0. The predicted molar refractivity (Wildman–Crippen MR) is 75.3 cm³/mol. The lowest BCUT2D eigenvalue weighted by Crippen LogP contribution is -2.16. The third kappa shape index (κ3) is 3.91. The zero-order valence-corrected chi connectivity index (χ0v) is 12.5. The smallest absolute Gasteiger partial charge is 0.123 e. The fraction of sp³-hybridized carbons (Fsp3) is 0.600. The Morgan fingerprint density at radius 1 is 0.722 bits per heavy atom. The molecule has 0 fully saturated rings. The number of hydrogen-bond donors (Lipinski definition) is 3. The first kappa shape index (κ1) is 16.8. The van der Waals surface area contributed by atoms with Crippen molar-refractivity contribution < 1.29 is 15.3 Å². The molecule has 0 saturated heterocycles. The van der Waals surface area contributed by atoms with Crippen LogP contribution in [-0.4, -0.2) is 22.4 Å². The van der Waals surface area contributed by atoms with E-state index in [9.17, 15) is 10.2 Å². The van der Waals surface area contributed by atoms with Gasteiger partial charge in [-0.1, -0.05) is 41.5 Å². The Hall–Kier alpha value is -1.22. The number of aliphatic hydroxyl groups excluding tert-OH is 1. The zero-order chi connectivity index (χ0) is 14.7. The molecule has 0 unspecified atom stereocenters. The summed E-state index contributed by atoms with van der Waals surface area (Å²) in [6.07, 6.45) is 0. The number of hydrogen-bond acceptors (Lipinski definition) is 3. The summed E-state index contributed by atoms with van der Waals surface area (Å²) < 4.78 is 0. The highest BCUT2D eigenvalue weighted by Crippen LogP contribution is 2.41. The fourth-order valence-electron chi connectivity index (χ4n) is 1.76. The Balaban J connectivity index is 0.00000137. The van der Waals surface area contributed by atoms with E-state index in [1.807, 2.05) is 41.5 Å². The summed E-state index contributed by atoms with van der Waals surface area (Å²) in [5.74, 6) is 0.519. The van der Waals surface area contributed by atoms with Crippen molar-refractivity contribution in [3.8, 4) is 11.5 Å². The highest BCUT2D eigenvalue weighted by atomic mass is 16.3. The summed E-state index contributed by atoms with van der Waals surface area (Å²) in [4.78, 5) is 0. The van der Waals surface area contributed by atoms with Gasteiger partial charge in [-0.25, -0.2) is 0 Å². The molecule has 0 saturated carbocycles. The van der Waals surface area contributed by atoms with Crippen molar-refractivity contribution in [3.05, 3.63) is 23.3 Å². The molecular weight excluding hydrogens is 228 g/mol. The largest absolute Gasteiger partial charge is 0.508 e. The second-order valence-corrected chi connectivity index (χ2v) is 6.39. The van der Waals surface area contributed by atoms with Gasteiger partial charge < -0.3 is 15.3 Å². The fourth-order valence-corrected chi connectivity index (χ4v) is 1.76. The number of aliphatic hydroxyl groups is 1. The third-order valence-electron chi connectivity index (χ3n) is 2.71. The number of phenolic OH excluding ortho intramolecular Hbond substituents is 2. The van der Waals surface area contributed by atoms with E-state index in [-0.39, 0.29) is 16.6 Å². The molecular formula is C15H26O3. The second-order valence-electron chi connectivity index (χ2n) is 6.39. The Kier molecular flexibility index (Phi) is 5.23. The SMILES string of the molecule is CC(C)(C)c1cc(O)cc(C(C)(C)C)c1O.CO. The maximum atomic E-state index is 10.3. The van der Waals surface area contributed by atoms with Gasteiger partial charge in [0.15, 0.2) is 0 Å². The highest BCUT2D eigenvalue weighted by Gasteiger charge is 2.26. The standard InChI is InChI=1S/C14H22O2.CH4O/c1-13(2,3)10-7-9(15)8-11(12(10)16)14(4,5)6;1-2/h7-8,15-16H,1-6H3;2H,1H3. The first-order valence-corrected chi connectivity index (χ1v) is 6.05. The van der Waals surface area contributed by atoms with Crippen molar-refractivity contribution in [2.75, 3.05) is 7.11 Å². The first-order valence-electron chi connectivity index (χ1n) is 6.05. The number of aromatic hydroxyl groups is 2. The van der Waals surface area contributed by atoms with Crippen molar-refractivity contribution in [1.82, 2.24) is 0 Å². The molecule has 1 aromatic rings. The van der Waals surface area contributed by atoms with E-state index in [1.165, 1.54) is 0 Å². The van der Waals surface area contributed by atoms with Crippen LogP contribution in [0.5, 0.6) is 11.5 Å². The van der Waals surface area contributed by atoms with Gasteiger partial charge in [0.05, 0.1) is 0 Å². The van der Waals surface area contributed by atoms with E-state index in [0.717, 1.165) is 18.2 Å². The Bertz CT molecular complexity index is 360. The van der Waals surface area contributed by atoms with Crippen LogP contribution < -0.4 is 0 Å². The molecule has 0 bridgehead atoms. The molecule has 3 N–H and O–H groups in total. The van der Waals surface area contributed by atoms with Gasteiger partial charge in [0.2, 0.25) is 0 Å². The number of rotatable bonds is 0. The lowest BCUT2D eigenvalue weighted by Gasteiger charge is -2.27.